The second-order valence-corrected chi connectivity index (χ2v) is 8.74. The summed E-state index contributed by atoms with van der Waals surface area (Å²) in [6.07, 6.45) is -0.681. The van der Waals surface area contributed by atoms with Crippen LogP contribution in [0.25, 0.3) is 11.1 Å². The quantitative estimate of drug-likeness (QED) is 0.621. The number of ether oxygens (including phenoxy) is 1. The summed E-state index contributed by atoms with van der Waals surface area (Å²) >= 11 is 0. The van der Waals surface area contributed by atoms with Crippen LogP contribution in [0.2, 0.25) is 0 Å². The maximum absolute atomic E-state index is 12.6. The molecule has 0 fully saturated rings. The van der Waals surface area contributed by atoms with Gasteiger partial charge in [0.05, 0.1) is 6.42 Å². The van der Waals surface area contributed by atoms with Gasteiger partial charge >= 0.3 is 12.1 Å². The van der Waals surface area contributed by atoms with Crippen LogP contribution in [0, 0.1) is 17.8 Å². The van der Waals surface area contributed by atoms with Gasteiger partial charge in [-0.15, -0.1) is 0 Å². The van der Waals surface area contributed by atoms with Gasteiger partial charge in [-0.3, -0.25) is 4.79 Å². The molecular weight excluding hydrogens is 378 g/mol. The van der Waals surface area contributed by atoms with Gasteiger partial charge in [-0.25, -0.2) is 4.79 Å². The van der Waals surface area contributed by atoms with Gasteiger partial charge < -0.3 is 15.2 Å². The molecule has 160 valence electrons. The molecule has 5 heteroatoms. The van der Waals surface area contributed by atoms with Crippen LogP contribution in [0.3, 0.4) is 0 Å². The highest BCUT2D eigenvalue weighted by atomic mass is 16.5. The smallest absolute Gasteiger partial charge is 0.407 e. The predicted octanol–water partition coefficient (Wildman–Crippen LogP) is 5.30. The van der Waals surface area contributed by atoms with Crippen LogP contribution >= 0.6 is 0 Å². The van der Waals surface area contributed by atoms with Crippen LogP contribution < -0.4 is 5.32 Å². The first-order chi connectivity index (χ1) is 14.3. The minimum Gasteiger partial charge on any atom is -0.481 e. The first-order valence-electron chi connectivity index (χ1n) is 10.6. The summed E-state index contributed by atoms with van der Waals surface area (Å²) in [5, 5.41) is 12.2. The zero-order chi connectivity index (χ0) is 21.8. The SMILES string of the molecule is CC(C)C(C(C)C)[C@H](CC(=O)O)NC(=O)OCC1c2ccccc2-c2ccccc21. The van der Waals surface area contributed by atoms with Crippen LogP contribution in [0.5, 0.6) is 0 Å². The fraction of sp³-hybridized carbons (Fsp3) is 0.440. The molecule has 0 bridgehead atoms. The van der Waals surface area contributed by atoms with Crippen LogP contribution in [0.1, 0.15) is 51.2 Å². The Hall–Kier alpha value is -2.82. The number of amides is 1. The highest BCUT2D eigenvalue weighted by Gasteiger charge is 2.32. The molecule has 2 aromatic rings. The third-order valence-corrected chi connectivity index (χ3v) is 6.05. The normalized spacial score (nSPS) is 14.0. The molecule has 1 aliphatic rings. The fourth-order valence-electron chi connectivity index (χ4n) is 4.96. The minimum atomic E-state index is -0.926. The highest BCUT2D eigenvalue weighted by molar-refractivity contribution is 5.79. The average Bonchev–Trinajstić information content (AvgIpc) is 2.99. The van der Waals surface area contributed by atoms with Crippen molar-refractivity contribution in [3.63, 3.8) is 0 Å². The Balaban J connectivity index is 1.72. The Bertz CT molecular complexity index is 852. The van der Waals surface area contributed by atoms with Crippen LogP contribution in [0.4, 0.5) is 4.79 Å². The number of carbonyl (C=O) groups is 2. The monoisotopic (exact) mass is 409 g/mol. The number of nitrogens with one attached hydrogen (secondary N) is 1. The number of hydrogen-bond acceptors (Lipinski definition) is 3. The van der Waals surface area contributed by atoms with Gasteiger partial charge in [-0.05, 0) is 40.0 Å². The maximum atomic E-state index is 12.6. The Morgan fingerprint density at radius 2 is 1.43 bits per heavy atom. The molecule has 5 nitrogen and oxygen atoms in total. The first kappa shape index (κ1) is 21.9. The van der Waals surface area contributed by atoms with E-state index in [9.17, 15) is 14.7 Å². The largest absolute Gasteiger partial charge is 0.481 e. The molecule has 0 saturated carbocycles. The summed E-state index contributed by atoms with van der Waals surface area (Å²) in [6.45, 7) is 8.43. The average molecular weight is 410 g/mol. The lowest BCUT2D eigenvalue weighted by Gasteiger charge is -2.33. The second-order valence-electron chi connectivity index (χ2n) is 8.74. The molecule has 0 spiro atoms. The Morgan fingerprint density at radius 3 is 1.90 bits per heavy atom. The van der Waals surface area contributed by atoms with Gasteiger partial charge in [0, 0.05) is 12.0 Å². The molecule has 0 aromatic heterocycles. The number of carboxylic acid groups (broad SMARTS) is 1. The Labute approximate surface area is 178 Å². The van der Waals surface area contributed by atoms with Crippen molar-refractivity contribution in [3.8, 4) is 11.1 Å². The van der Waals surface area contributed by atoms with E-state index in [1.807, 2.05) is 24.3 Å². The summed E-state index contributed by atoms with van der Waals surface area (Å²) in [5.74, 6) is -0.426. The minimum absolute atomic E-state index is 0.0212. The first-order valence-corrected chi connectivity index (χ1v) is 10.6. The molecule has 0 aliphatic heterocycles. The molecule has 1 amide bonds. The highest BCUT2D eigenvalue weighted by Crippen LogP contribution is 2.44. The molecule has 0 saturated heterocycles. The van der Waals surface area contributed by atoms with Crippen molar-refractivity contribution in [2.45, 2.75) is 46.1 Å². The van der Waals surface area contributed by atoms with Crippen molar-refractivity contribution < 1.29 is 19.4 Å². The number of aliphatic carboxylic acids is 1. The van der Waals surface area contributed by atoms with Crippen LogP contribution in [-0.4, -0.2) is 29.8 Å². The molecule has 0 unspecified atom stereocenters. The molecule has 1 atom stereocenters. The van der Waals surface area contributed by atoms with Crippen molar-refractivity contribution in [3.05, 3.63) is 59.7 Å². The lowest BCUT2D eigenvalue weighted by molar-refractivity contribution is -0.138. The van der Waals surface area contributed by atoms with E-state index in [1.54, 1.807) is 0 Å². The Morgan fingerprint density at radius 1 is 0.933 bits per heavy atom. The lowest BCUT2D eigenvalue weighted by atomic mass is 9.78. The number of hydrogen-bond donors (Lipinski definition) is 2. The predicted molar refractivity (Wildman–Crippen MR) is 117 cm³/mol. The number of carbonyl (C=O) groups excluding carboxylic acids is 1. The number of alkyl carbamates (subject to hydrolysis) is 1. The summed E-state index contributed by atoms with van der Waals surface area (Å²) < 4.78 is 5.62. The molecule has 0 radical (unpaired) electrons. The lowest BCUT2D eigenvalue weighted by Crippen LogP contribution is -2.46. The van der Waals surface area contributed by atoms with Crippen molar-refractivity contribution >= 4 is 12.1 Å². The fourth-order valence-corrected chi connectivity index (χ4v) is 4.96. The molecule has 30 heavy (non-hydrogen) atoms. The summed E-state index contributed by atoms with van der Waals surface area (Å²) in [4.78, 5) is 24.0. The Kier molecular flexibility index (Phi) is 6.80. The number of carboxylic acids is 1. The second kappa shape index (κ2) is 9.33. The van der Waals surface area contributed by atoms with E-state index in [-0.39, 0.29) is 36.7 Å². The standard InChI is InChI=1S/C25H31NO4/c1-15(2)24(16(3)4)22(13-23(27)28)26-25(29)30-14-21-19-11-7-5-9-17(19)18-10-6-8-12-20(18)21/h5-12,15-16,21-22,24H,13-14H2,1-4H3,(H,26,29)(H,27,28)/t22-/m0/s1. The third kappa shape index (κ3) is 4.66. The number of rotatable bonds is 8. The van der Waals surface area contributed by atoms with E-state index in [0.29, 0.717) is 0 Å². The van der Waals surface area contributed by atoms with Crippen molar-refractivity contribution in [2.75, 3.05) is 6.61 Å². The number of fused-ring (bicyclic) bond motifs is 3. The van der Waals surface area contributed by atoms with E-state index >= 15 is 0 Å². The van der Waals surface area contributed by atoms with Crippen molar-refractivity contribution in [2.24, 2.45) is 17.8 Å². The van der Waals surface area contributed by atoms with Gasteiger partial charge in [0.15, 0.2) is 0 Å². The topological polar surface area (TPSA) is 75.6 Å². The van der Waals surface area contributed by atoms with E-state index in [1.165, 1.54) is 11.1 Å². The summed E-state index contributed by atoms with van der Waals surface area (Å²) in [6, 6.07) is 15.9. The van der Waals surface area contributed by atoms with Gasteiger partial charge in [0.1, 0.15) is 6.61 Å². The molecule has 2 N–H and O–H groups in total. The molecule has 0 heterocycles. The third-order valence-electron chi connectivity index (χ3n) is 6.05. The summed E-state index contributed by atoms with van der Waals surface area (Å²) in [5.41, 5.74) is 4.64. The zero-order valence-corrected chi connectivity index (χ0v) is 18.1. The number of benzene rings is 2. The summed E-state index contributed by atoms with van der Waals surface area (Å²) in [7, 11) is 0. The molecule has 3 rings (SSSR count). The molecule has 2 aromatic carbocycles. The molecular formula is C25H31NO4. The van der Waals surface area contributed by atoms with Crippen molar-refractivity contribution in [1.29, 1.82) is 0 Å². The van der Waals surface area contributed by atoms with Gasteiger partial charge in [-0.2, -0.15) is 0 Å². The zero-order valence-electron chi connectivity index (χ0n) is 18.1. The van der Waals surface area contributed by atoms with E-state index < -0.39 is 18.1 Å². The maximum Gasteiger partial charge on any atom is 0.407 e. The van der Waals surface area contributed by atoms with E-state index in [4.69, 9.17) is 4.74 Å². The van der Waals surface area contributed by atoms with E-state index in [0.717, 1.165) is 11.1 Å². The molecule has 1 aliphatic carbocycles. The van der Waals surface area contributed by atoms with E-state index in [2.05, 4.69) is 57.3 Å². The van der Waals surface area contributed by atoms with Crippen molar-refractivity contribution in [1.82, 2.24) is 5.32 Å². The van der Waals surface area contributed by atoms with Gasteiger partial charge in [0.25, 0.3) is 0 Å². The van der Waals surface area contributed by atoms with Crippen LogP contribution in [-0.2, 0) is 9.53 Å². The van der Waals surface area contributed by atoms with Crippen LogP contribution in [0.15, 0.2) is 48.5 Å². The van der Waals surface area contributed by atoms with Gasteiger partial charge in [0.2, 0.25) is 0 Å². The van der Waals surface area contributed by atoms with Gasteiger partial charge in [-0.1, -0.05) is 76.2 Å².